The highest BCUT2D eigenvalue weighted by Gasteiger charge is 2.30. The molecule has 5 rings (SSSR count). The molecule has 0 unspecified atom stereocenters. The maximum absolute atomic E-state index is 11.7. The summed E-state index contributed by atoms with van der Waals surface area (Å²) in [5.41, 5.74) is 8.64. The molecule has 3 aromatic carbocycles. The lowest BCUT2D eigenvalue weighted by Gasteiger charge is -2.18. The van der Waals surface area contributed by atoms with Gasteiger partial charge in [0.25, 0.3) is 0 Å². The molecule has 0 radical (unpaired) electrons. The fraction of sp³-hybridized carbons (Fsp3) is 0.345. The second-order valence-electron chi connectivity index (χ2n) is 9.14. The van der Waals surface area contributed by atoms with Crippen LogP contribution in [0.2, 0.25) is 0 Å². The van der Waals surface area contributed by atoms with Crippen molar-refractivity contribution in [2.75, 3.05) is 20.8 Å². The Kier molecular flexibility index (Phi) is 5.94. The minimum Gasteiger partial charge on any atom is -0.497 e. The van der Waals surface area contributed by atoms with Crippen molar-refractivity contribution in [3.8, 4) is 28.4 Å². The Morgan fingerprint density at radius 2 is 1.79 bits per heavy atom. The van der Waals surface area contributed by atoms with E-state index in [1.54, 1.807) is 7.11 Å². The Hall–Kier alpha value is -3.47. The number of ether oxygens (including phenoxy) is 4. The van der Waals surface area contributed by atoms with Crippen LogP contribution in [0.15, 0.2) is 48.5 Å². The minimum absolute atomic E-state index is 0.000806. The van der Waals surface area contributed by atoms with Gasteiger partial charge in [-0.1, -0.05) is 24.3 Å². The zero-order chi connectivity index (χ0) is 23.8. The number of carbonyl (C=O) groups is 1. The van der Waals surface area contributed by atoms with E-state index >= 15 is 0 Å². The molecule has 5 heteroatoms. The van der Waals surface area contributed by atoms with E-state index in [4.69, 9.17) is 18.9 Å². The average Bonchev–Trinajstić information content (AvgIpc) is 3.43. The highest BCUT2D eigenvalue weighted by atomic mass is 16.5. The van der Waals surface area contributed by atoms with Gasteiger partial charge in [-0.25, -0.2) is 0 Å². The molecule has 0 amide bonds. The van der Waals surface area contributed by atoms with Crippen molar-refractivity contribution in [3.05, 3.63) is 76.3 Å². The first-order valence-electron chi connectivity index (χ1n) is 11.8. The third kappa shape index (κ3) is 4.00. The summed E-state index contributed by atoms with van der Waals surface area (Å²) in [5, 5.41) is 0. The van der Waals surface area contributed by atoms with Gasteiger partial charge >= 0.3 is 5.97 Å². The van der Waals surface area contributed by atoms with E-state index in [0.29, 0.717) is 13.0 Å². The first-order valence-corrected chi connectivity index (χ1v) is 11.8. The van der Waals surface area contributed by atoms with Crippen LogP contribution in [0.1, 0.15) is 52.7 Å². The fourth-order valence-corrected chi connectivity index (χ4v) is 5.39. The first-order chi connectivity index (χ1) is 16.5. The van der Waals surface area contributed by atoms with Gasteiger partial charge in [0, 0.05) is 17.5 Å². The van der Waals surface area contributed by atoms with Crippen LogP contribution >= 0.6 is 0 Å². The maximum Gasteiger partial charge on any atom is 0.306 e. The van der Waals surface area contributed by atoms with Gasteiger partial charge < -0.3 is 18.9 Å². The van der Waals surface area contributed by atoms with Gasteiger partial charge in [0.1, 0.15) is 23.4 Å². The smallest absolute Gasteiger partial charge is 0.306 e. The third-order valence-electron chi connectivity index (χ3n) is 7.01. The van der Waals surface area contributed by atoms with Crippen LogP contribution in [0.5, 0.6) is 17.2 Å². The number of rotatable bonds is 6. The highest BCUT2D eigenvalue weighted by Crippen LogP contribution is 2.44. The predicted octanol–water partition coefficient (Wildman–Crippen LogP) is 6.08. The van der Waals surface area contributed by atoms with Gasteiger partial charge in [0.15, 0.2) is 0 Å². The number of carbonyl (C=O) groups excluding carboxylic acids is 1. The number of fused-ring (bicyclic) bond motifs is 2. The van der Waals surface area contributed by atoms with Gasteiger partial charge in [0.2, 0.25) is 0 Å². The summed E-state index contributed by atoms with van der Waals surface area (Å²) in [4.78, 5) is 11.7. The molecule has 34 heavy (non-hydrogen) atoms. The highest BCUT2D eigenvalue weighted by molar-refractivity contribution is 5.76. The van der Waals surface area contributed by atoms with Crippen molar-refractivity contribution < 1.29 is 23.7 Å². The van der Waals surface area contributed by atoms with Crippen molar-refractivity contribution >= 4 is 5.97 Å². The molecule has 176 valence electrons. The van der Waals surface area contributed by atoms with Crippen molar-refractivity contribution in [1.82, 2.24) is 0 Å². The van der Waals surface area contributed by atoms with E-state index < -0.39 is 0 Å². The Labute approximate surface area is 200 Å². The summed E-state index contributed by atoms with van der Waals surface area (Å²) in [7, 11) is 3.12. The Bertz CT molecular complexity index is 1220. The normalized spacial score (nSPS) is 18.1. The molecule has 0 N–H and O–H groups in total. The zero-order valence-corrected chi connectivity index (χ0v) is 20.1. The number of benzene rings is 3. The Balaban J connectivity index is 1.40. The molecule has 0 spiro atoms. The molecule has 0 saturated heterocycles. The van der Waals surface area contributed by atoms with Crippen LogP contribution in [0.25, 0.3) is 11.1 Å². The predicted molar refractivity (Wildman–Crippen MR) is 131 cm³/mol. The molecule has 1 aliphatic carbocycles. The molecule has 0 fully saturated rings. The van der Waals surface area contributed by atoms with Gasteiger partial charge in [-0.2, -0.15) is 0 Å². The molecule has 0 aromatic heterocycles. The van der Waals surface area contributed by atoms with Gasteiger partial charge in [-0.15, -0.1) is 0 Å². The second kappa shape index (κ2) is 9.05. The van der Waals surface area contributed by atoms with Crippen LogP contribution in [0, 0.1) is 13.8 Å². The summed E-state index contributed by atoms with van der Waals surface area (Å²) >= 11 is 0. The number of methoxy groups -OCH3 is 2. The lowest BCUT2D eigenvalue weighted by atomic mass is 9.90. The molecular weight excluding hydrogens is 428 g/mol. The van der Waals surface area contributed by atoms with Crippen LogP contribution in [-0.4, -0.2) is 26.8 Å². The molecule has 0 bridgehead atoms. The minimum atomic E-state index is -0.220. The summed E-state index contributed by atoms with van der Waals surface area (Å²) in [6, 6.07) is 16.7. The number of aryl methyl sites for hydroxylation is 2. The third-order valence-corrected chi connectivity index (χ3v) is 7.01. The van der Waals surface area contributed by atoms with Crippen molar-refractivity contribution in [2.45, 2.75) is 45.1 Å². The average molecular weight is 459 g/mol. The van der Waals surface area contributed by atoms with Gasteiger partial charge in [-0.3, -0.25) is 4.79 Å². The molecule has 1 aliphatic heterocycles. The van der Waals surface area contributed by atoms with Crippen LogP contribution in [-0.2, 0) is 16.0 Å². The standard InChI is InChI=1S/C29H30O5/c1-17-12-21(31-3)13-18(2)29(17)25-7-5-6-24-23(25)10-11-26(24)34-20-8-9-22-19(14-28(30)32-4)16-33-27(22)15-20/h5-9,12-13,15,19,26H,10-11,14,16H2,1-4H3/t19-,26-/m1/s1. The lowest BCUT2D eigenvalue weighted by Crippen LogP contribution is -2.09. The molecular formula is C29H30O5. The maximum atomic E-state index is 11.7. The monoisotopic (exact) mass is 458 g/mol. The second-order valence-corrected chi connectivity index (χ2v) is 9.14. The van der Waals surface area contributed by atoms with E-state index in [0.717, 1.165) is 35.7 Å². The molecule has 5 nitrogen and oxygen atoms in total. The van der Waals surface area contributed by atoms with Crippen molar-refractivity contribution in [1.29, 1.82) is 0 Å². The van der Waals surface area contributed by atoms with Crippen molar-refractivity contribution in [3.63, 3.8) is 0 Å². The Morgan fingerprint density at radius 1 is 1.00 bits per heavy atom. The summed E-state index contributed by atoms with van der Waals surface area (Å²) in [6.45, 7) is 4.78. The van der Waals surface area contributed by atoms with Crippen molar-refractivity contribution in [2.24, 2.45) is 0 Å². The summed E-state index contributed by atoms with van der Waals surface area (Å²) in [5.74, 6) is 2.28. The Morgan fingerprint density at radius 3 is 2.53 bits per heavy atom. The van der Waals surface area contributed by atoms with Crippen LogP contribution in [0.4, 0.5) is 0 Å². The molecule has 0 saturated carbocycles. The quantitative estimate of drug-likeness (QED) is 0.419. The SMILES string of the molecule is COC(=O)C[C@@H]1COc2cc(O[C@@H]3CCc4c(-c5c(C)cc(OC)cc5C)cccc43)ccc21. The zero-order valence-electron chi connectivity index (χ0n) is 20.1. The molecule has 1 heterocycles. The summed E-state index contributed by atoms with van der Waals surface area (Å²) in [6.07, 6.45) is 2.24. The summed E-state index contributed by atoms with van der Waals surface area (Å²) < 4.78 is 22.6. The van der Waals surface area contributed by atoms with E-state index in [2.05, 4.69) is 44.2 Å². The molecule has 3 aromatic rings. The largest absolute Gasteiger partial charge is 0.497 e. The molecule has 2 atom stereocenters. The number of hydrogen-bond donors (Lipinski definition) is 0. The van der Waals surface area contributed by atoms with E-state index in [9.17, 15) is 4.79 Å². The van der Waals surface area contributed by atoms with Gasteiger partial charge in [0.05, 0.1) is 27.2 Å². The van der Waals surface area contributed by atoms with Gasteiger partial charge in [-0.05, 0) is 78.3 Å². The van der Waals surface area contributed by atoms with Crippen LogP contribution < -0.4 is 14.2 Å². The number of esters is 1. The van der Waals surface area contributed by atoms with Crippen LogP contribution in [0.3, 0.4) is 0 Å². The molecule has 2 aliphatic rings. The fourth-order valence-electron chi connectivity index (χ4n) is 5.39. The number of hydrogen-bond acceptors (Lipinski definition) is 5. The first kappa shape index (κ1) is 22.3. The topological polar surface area (TPSA) is 54.0 Å². The lowest BCUT2D eigenvalue weighted by molar-refractivity contribution is -0.141. The van der Waals surface area contributed by atoms with E-state index in [1.165, 1.54) is 40.5 Å². The van der Waals surface area contributed by atoms with E-state index in [-0.39, 0.29) is 18.0 Å². The van der Waals surface area contributed by atoms with E-state index in [1.807, 2.05) is 18.2 Å².